The van der Waals surface area contributed by atoms with Crippen LogP contribution in [0.4, 0.5) is 5.69 Å². The summed E-state index contributed by atoms with van der Waals surface area (Å²) in [7, 11) is 2.87. The molecule has 0 heterocycles. The summed E-state index contributed by atoms with van der Waals surface area (Å²) in [6.45, 7) is 0. The smallest absolute Gasteiger partial charge is 0.276 e. The third-order valence-electron chi connectivity index (χ3n) is 4.64. The van der Waals surface area contributed by atoms with Crippen molar-refractivity contribution in [2.45, 2.75) is 12.5 Å². The van der Waals surface area contributed by atoms with E-state index in [4.69, 9.17) is 21.1 Å². The lowest BCUT2D eigenvalue weighted by Gasteiger charge is -2.15. The van der Waals surface area contributed by atoms with Gasteiger partial charge in [-0.25, -0.2) is 0 Å². The second-order valence-corrected chi connectivity index (χ2v) is 6.88. The molecule has 3 aromatic carbocycles. The summed E-state index contributed by atoms with van der Waals surface area (Å²) in [6.07, 6.45) is -0.875. The van der Waals surface area contributed by atoms with Crippen LogP contribution in [0.5, 0.6) is 11.5 Å². The minimum atomic E-state index is -0.931. The fourth-order valence-electron chi connectivity index (χ4n) is 3.14. The van der Waals surface area contributed by atoms with Crippen LogP contribution in [0, 0.1) is 10.1 Å². The predicted molar refractivity (Wildman–Crippen MR) is 112 cm³/mol. The van der Waals surface area contributed by atoms with Gasteiger partial charge in [-0.15, -0.1) is 0 Å². The van der Waals surface area contributed by atoms with Crippen LogP contribution in [0.3, 0.4) is 0 Å². The van der Waals surface area contributed by atoms with E-state index < -0.39 is 11.0 Å². The van der Waals surface area contributed by atoms with Gasteiger partial charge < -0.3 is 14.6 Å². The molecule has 1 unspecified atom stereocenters. The maximum Gasteiger partial charge on any atom is 0.276 e. The molecule has 0 aliphatic carbocycles. The molecular weight excluding hydrogens is 394 g/mol. The molecule has 150 valence electrons. The van der Waals surface area contributed by atoms with Crippen molar-refractivity contribution >= 4 is 17.3 Å². The van der Waals surface area contributed by atoms with Gasteiger partial charge in [0.15, 0.2) is 11.5 Å². The molecule has 0 saturated carbocycles. The van der Waals surface area contributed by atoms with Crippen LogP contribution in [0.1, 0.15) is 17.2 Å². The number of hydrogen-bond acceptors (Lipinski definition) is 5. The van der Waals surface area contributed by atoms with Crippen LogP contribution in [-0.4, -0.2) is 24.2 Å². The summed E-state index contributed by atoms with van der Waals surface area (Å²) in [6, 6.07) is 17.6. The zero-order valence-electron chi connectivity index (χ0n) is 16.0. The normalized spacial score (nSPS) is 11.7. The largest absolute Gasteiger partial charge is 0.493 e. The molecule has 6 nitrogen and oxygen atoms in total. The first-order chi connectivity index (χ1) is 13.9. The van der Waals surface area contributed by atoms with Gasteiger partial charge in [-0.2, -0.15) is 0 Å². The number of aliphatic hydroxyl groups excluding tert-OH is 1. The number of hydrogen-bond donors (Lipinski definition) is 1. The lowest BCUT2D eigenvalue weighted by Crippen LogP contribution is -2.06. The van der Waals surface area contributed by atoms with Gasteiger partial charge in [-0.1, -0.05) is 41.9 Å². The fourth-order valence-corrected chi connectivity index (χ4v) is 3.26. The van der Waals surface area contributed by atoms with Gasteiger partial charge in [-0.05, 0) is 41.0 Å². The molecule has 0 aromatic heterocycles. The molecule has 29 heavy (non-hydrogen) atoms. The Morgan fingerprint density at radius 1 is 1.00 bits per heavy atom. The molecule has 0 bridgehead atoms. The van der Waals surface area contributed by atoms with Gasteiger partial charge >= 0.3 is 0 Å². The molecule has 0 aliphatic heterocycles. The van der Waals surface area contributed by atoms with E-state index in [0.717, 1.165) is 11.1 Å². The standard InChI is InChI=1S/C22H20ClNO5/c1-28-21-12-17(19(24(26)27)13-22(21)29-2)11-20(25)16-5-3-4-15(10-16)14-6-8-18(23)9-7-14/h3-10,12-13,20,25H,11H2,1-2H3. The number of nitro groups is 1. The third-order valence-corrected chi connectivity index (χ3v) is 4.90. The minimum Gasteiger partial charge on any atom is -0.493 e. The summed E-state index contributed by atoms with van der Waals surface area (Å²) >= 11 is 5.94. The first-order valence-electron chi connectivity index (χ1n) is 8.86. The highest BCUT2D eigenvalue weighted by atomic mass is 35.5. The average molecular weight is 414 g/mol. The highest BCUT2D eigenvalue weighted by molar-refractivity contribution is 6.30. The molecule has 7 heteroatoms. The molecule has 3 aromatic rings. The third kappa shape index (κ3) is 4.67. The lowest BCUT2D eigenvalue weighted by molar-refractivity contribution is -0.385. The molecule has 0 fully saturated rings. The second kappa shape index (κ2) is 8.94. The Morgan fingerprint density at radius 2 is 1.66 bits per heavy atom. The maximum atomic E-state index is 11.5. The Labute approximate surface area is 173 Å². The van der Waals surface area contributed by atoms with Gasteiger partial charge in [0, 0.05) is 17.0 Å². The molecule has 1 atom stereocenters. The zero-order valence-corrected chi connectivity index (χ0v) is 16.7. The topological polar surface area (TPSA) is 81.8 Å². The molecule has 0 radical (unpaired) electrons. The lowest BCUT2D eigenvalue weighted by atomic mass is 9.96. The van der Waals surface area contributed by atoms with E-state index >= 15 is 0 Å². The molecule has 0 amide bonds. The van der Waals surface area contributed by atoms with Crippen LogP contribution >= 0.6 is 11.6 Å². The number of halogens is 1. The van der Waals surface area contributed by atoms with E-state index in [0.29, 0.717) is 21.9 Å². The molecule has 3 rings (SSSR count). The van der Waals surface area contributed by atoms with Gasteiger partial charge in [0.25, 0.3) is 5.69 Å². The van der Waals surface area contributed by atoms with Gasteiger partial charge in [-0.3, -0.25) is 10.1 Å². The van der Waals surface area contributed by atoms with Gasteiger partial charge in [0.2, 0.25) is 0 Å². The summed E-state index contributed by atoms with van der Waals surface area (Å²) in [4.78, 5) is 11.0. The summed E-state index contributed by atoms with van der Waals surface area (Å²) in [5, 5.41) is 22.9. The van der Waals surface area contributed by atoms with Crippen molar-refractivity contribution < 1.29 is 19.5 Å². The van der Waals surface area contributed by atoms with Crippen molar-refractivity contribution in [3.05, 3.63) is 86.9 Å². The minimum absolute atomic E-state index is 0.0563. The number of aliphatic hydroxyl groups is 1. The highest BCUT2D eigenvalue weighted by Gasteiger charge is 2.22. The molecular formula is C22H20ClNO5. The van der Waals surface area contributed by atoms with E-state index in [2.05, 4.69) is 0 Å². The number of benzene rings is 3. The van der Waals surface area contributed by atoms with Gasteiger partial charge in [0.05, 0.1) is 31.3 Å². The van der Waals surface area contributed by atoms with E-state index in [1.54, 1.807) is 18.2 Å². The van der Waals surface area contributed by atoms with Crippen molar-refractivity contribution in [1.29, 1.82) is 0 Å². The second-order valence-electron chi connectivity index (χ2n) is 6.45. The Balaban J connectivity index is 1.92. The van der Waals surface area contributed by atoms with E-state index in [1.807, 2.05) is 30.3 Å². The molecule has 0 saturated heterocycles. The number of methoxy groups -OCH3 is 2. The number of nitro benzene ring substituents is 1. The number of rotatable bonds is 7. The Morgan fingerprint density at radius 3 is 2.28 bits per heavy atom. The maximum absolute atomic E-state index is 11.5. The first-order valence-corrected chi connectivity index (χ1v) is 9.24. The van der Waals surface area contributed by atoms with Crippen LogP contribution in [-0.2, 0) is 6.42 Å². The summed E-state index contributed by atoms with van der Waals surface area (Å²) in [5.41, 5.74) is 2.76. The zero-order chi connectivity index (χ0) is 21.0. The first kappa shape index (κ1) is 20.6. The van der Waals surface area contributed by atoms with Crippen molar-refractivity contribution in [1.82, 2.24) is 0 Å². The van der Waals surface area contributed by atoms with Crippen molar-refractivity contribution in [2.75, 3.05) is 14.2 Å². The van der Waals surface area contributed by atoms with Gasteiger partial charge in [0.1, 0.15) is 0 Å². The molecule has 0 spiro atoms. The van der Waals surface area contributed by atoms with E-state index in [-0.39, 0.29) is 17.9 Å². The van der Waals surface area contributed by atoms with Crippen molar-refractivity contribution in [2.24, 2.45) is 0 Å². The summed E-state index contributed by atoms with van der Waals surface area (Å²) < 4.78 is 10.4. The fraction of sp³-hybridized carbons (Fsp3) is 0.182. The monoisotopic (exact) mass is 413 g/mol. The van der Waals surface area contributed by atoms with E-state index in [9.17, 15) is 15.2 Å². The molecule has 0 aliphatic rings. The van der Waals surface area contributed by atoms with Crippen LogP contribution in [0.25, 0.3) is 11.1 Å². The quantitative estimate of drug-likeness (QED) is 0.424. The summed E-state index contributed by atoms with van der Waals surface area (Å²) in [5.74, 6) is 0.636. The van der Waals surface area contributed by atoms with Crippen molar-refractivity contribution in [3.63, 3.8) is 0 Å². The molecule has 1 N–H and O–H groups in total. The Kier molecular flexibility index (Phi) is 6.36. The van der Waals surface area contributed by atoms with Crippen LogP contribution in [0.15, 0.2) is 60.7 Å². The van der Waals surface area contributed by atoms with Crippen LogP contribution in [0.2, 0.25) is 5.02 Å². The Hall–Kier alpha value is -3.09. The highest BCUT2D eigenvalue weighted by Crippen LogP contribution is 2.36. The van der Waals surface area contributed by atoms with Crippen LogP contribution < -0.4 is 9.47 Å². The number of ether oxygens (including phenoxy) is 2. The van der Waals surface area contributed by atoms with E-state index in [1.165, 1.54) is 26.4 Å². The average Bonchev–Trinajstić information content (AvgIpc) is 2.73. The number of nitrogens with zero attached hydrogens (tertiary/aromatic N) is 1. The van der Waals surface area contributed by atoms with Crippen molar-refractivity contribution in [3.8, 4) is 22.6 Å². The SMILES string of the molecule is COc1cc(CC(O)c2cccc(-c3ccc(Cl)cc3)c2)c([N+](=O)[O-])cc1OC. The predicted octanol–water partition coefficient (Wildman–Crippen LogP) is 5.21. The Bertz CT molecular complexity index is 1020.